The Morgan fingerprint density at radius 2 is 2.00 bits per heavy atom. The minimum Gasteiger partial charge on any atom is -0.490 e. The van der Waals surface area contributed by atoms with Gasteiger partial charge < -0.3 is 14.8 Å². The predicted octanol–water partition coefficient (Wildman–Crippen LogP) is 1.49. The number of urea groups is 1. The highest BCUT2D eigenvalue weighted by Crippen LogP contribution is 2.39. The number of carbonyl (C=O) groups is 2. The molecule has 2 aliphatic heterocycles. The van der Waals surface area contributed by atoms with Gasteiger partial charge in [-0.25, -0.2) is 4.79 Å². The standard InChI is InChI=1S/C12H11BrN2O4/c13-7-4-6(9-11(16)15-12(17)14-9)5-8-10(7)19-3-1-2-18-8/h4-5,9H,1-3H2,(H2,14,15,16,17). The third-order valence-corrected chi connectivity index (χ3v) is 3.52. The highest BCUT2D eigenvalue weighted by Gasteiger charge is 2.32. The summed E-state index contributed by atoms with van der Waals surface area (Å²) in [6.45, 7) is 1.15. The van der Waals surface area contributed by atoms with Gasteiger partial charge in [0.2, 0.25) is 0 Å². The van der Waals surface area contributed by atoms with Crippen molar-refractivity contribution in [3.05, 3.63) is 22.2 Å². The van der Waals surface area contributed by atoms with Crippen LogP contribution in [-0.2, 0) is 4.79 Å². The van der Waals surface area contributed by atoms with Crippen molar-refractivity contribution in [2.24, 2.45) is 0 Å². The van der Waals surface area contributed by atoms with Crippen LogP contribution in [0, 0.1) is 0 Å². The van der Waals surface area contributed by atoms with Crippen LogP contribution in [0.1, 0.15) is 18.0 Å². The third-order valence-electron chi connectivity index (χ3n) is 2.93. The summed E-state index contributed by atoms with van der Waals surface area (Å²) in [5, 5.41) is 4.75. The Hall–Kier alpha value is -1.76. The molecule has 6 nitrogen and oxygen atoms in total. The van der Waals surface area contributed by atoms with Gasteiger partial charge in [0.05, 0.1) is 17.7 Å². The number of benzene rings is 1. The van der Waals surface area contributed by atoms with E-state index in [0.29, 0.717) is 34.7 Å². The zero-order chi connectivity index (χ0) is 13.4. The fraction of sp³-hybridized carbons (Fsp3) is 0.333. The minimum absolute atomic E-state index is 0.369. The highest BCUT2D eigenvalue weighted by molar-refractivity contribution is 9.10. The number of halogens is 1. The van der Waals surface area contributed by atoms with E-state index in [9.17, 15) is 9.59 Å². The molecule has 3 rings (SSSR count). The Morgan fingerprint density at radius 1 is 1.21 bits per heavy atom. The predicted molar refractivity (Wildman–Crippen MR) is 69.2 cm³/mol. The number of carbonyl (C=O) groups excluding carboxylic acids is 2. The quantitative estimate of drug-likeness (QED) is 0.766. The lowest BCUT2D eigenvalue weighted by Gasteiger charge is -2.14. The molecule has 7 heteroatoms. The number of fused-ring (bicyclic) bond motifs is 1. The molecule has 19 heavy (non-hydrogen) atoms. The molecule has 1 fully saturated rings. The maximum atomic E-state index is 11.7. The van der Waals surface area contributed by atoms with E-state index in [2.05, 4.69) is 26.6 Å². The maximum absolute atomic E-state index is 11.7. The molecule has 2 aliphatic rings. The van der Waals surface area contributed by atoms with E-state index in [-0.39, 0.29) is 5.91 Å². The fourth-order valence-electron chi connectivity index (χ4n) is 2.07. The monoisotopic (exact) mass is 326 g/mol. The second-order valence-corrected chi connectivity index (χ2v) is 5.13. The Labute approximate surface area is 117 Å². The van der Waals surface area contributed by atoms with Crippen molar-refractivity contribution < 1.29 is 19.1 Å². The lowest BCUT2D eigenvalue weighted by Crippen LogP contribution is -2.22. The molecule has 1 aromatic carbocycles. The molecule has 1 unspecified atom stereocenters. The first-order valence-electron chi connectivity index (χ1n) is 5.85. The van der Waals surface area contributed by atoms with E-state index < -0.39 is 12.1 Å². The van der Waals surface area contributed by atoms with Crippen molar-refractivity contribution in [3.63, 3.8) is 0 Å². The van der Waals surface area contributed by atoms with E-state index in [1.165, 1.54) is 0 Å². The Bertz CT molecular complexity index is 561. The summed E-state index contributed by atoms with van der Waals surface area (Å²) in [5.74, 6) is 0.841. The van der Waals surface area contributed by atoms with E-state index in [1.807, 2.05) is 0 Å². The van der Waals surface area contributed by atoms with Crippen LogP contribution in [0.3, 0.4) is 0 Å². The second kappa shape index (κ2) is 4.73. The van der Waals surface area contributed by atoms with Gasteiger partial charge in [-0.3, -0.25) is 10.1 Å². The highest BCUT2D eigenvalue weighted by atomic mass is 79.9. The van der Waals surface area contributed by atoms with Gasteiger partial charge in [0.15, 0.2) is 11.5 Å². The zero-order valence-electron chi connectivity index (χ0n) is 9.86. The van der Waals surface area contributed by atoms with E-state index in [0.717, 1.165) is 6.42 Å². The number of rotatable bonds is 1. The van der Waals surface area contributed by atoms with Crippen LogP contribution in [0.2, 0.25) is 0 Å². The van der Waals surface area contributed by atoms with Crippen molar-refractivity contribution in [2.75, 3.05) is 13.2 Å². The van der Waals surface area contributed by atoms with Gasteiger partial charge in [0.1, 0.15) is 6.04 Å². The number of amides is 3. The summed E-state index contributed by atoms with van der Waals surface area (Å²) < 4.78 is 11.9. The van der Waals surface area contributed by atoms with E-state index in [4.69, 9.17) is 9.47 Å². The topological polar surface area (TPSA) is 76.7 Å². The molecule has 0 aromatic heterocycles. The molecular formula is C12H11BrN2O4. The van der Waals surface area contributed by atoms with Crippen LogP contribution in [-0.4, -0.2) is 25.2 Å². The lowest BCUT2D eigenvalue weighted by molar-refractivity contribution is -0.120. The molecule has 1 aromatic rings. The molecule has 0 bridgehead atoms. The van der Waals surface area contributed by atoms with Crippen LogP contribution in [0.4, 0.5) is 4.79 Å². The van der Waals surface area contributed by atoms with Crippen LogP contribution < -0.4 is 20.1 Å². The lowest BCUT2D eigenvalue weighted by atomic mass is 10.1. The van der Waals surface area contributed by atoms with Gasteiger partial charge in [0.25, 0.3) is 5.91 Å². The molecule has 1 atom stereocenters. The average molecular weight is 327 g/mol. The maximum Gasteiger partial charge on any atom is 0.322 e. The van der Waals surface area contributed by atoms with Crippen molar-refractivity contribution >= 4 is 27.9 Å². The van der Waals surface area contributed by atoms with Gasteiger partial charge in [-0.15, -0.1) is 0 Å². The summed E-state index contributed by atoms with van der Waals surface area (Å²) in [6.07, 6.45) is 0.803. The molecule has 1 saturated heterocycles. The normalized spacial score (nSPS) is 21.6. The summed E-state index contributed by atoms with van der Waals surface area (Å²) in [4.78, 5) is 22.8. The minimum atomic E-state index is -0.694. The Kier molecular flexibility index (Phi) is 3.06. The third kappa shape index (κ3) is 2.25. The molecule has 2 N–H and O–H groups in total. The molecule has 0 saturated carbocycles. The van der Waals surface area contributed by atoms with Crippen molar-refractivity contribution in [1.82, 2.24) is 10.6 Å². The number of imide groups is 1. The van der Waals surface area contributed by atoms with Gasteiger partial charge >= 0.3 is 6.03 Å². The molecule has 100 valence electrons. The van der Waals surface area contributed by atoms with E-state index >= 15 is 0 Å². The van der Waals surface area contributed by atoms with Gasteiger partial charge in [-0.05, 0) is 33.6 Å². The first-order chi connectivity index (χ1) is 9.15. The first-order valence-corrected chi connectivity index (χ1v) is 6.65. The number of ether oxygens (including phenoxy) is 2. The van der Waals surface area contributed by atoms with E-state index in [1.54, 1.807) is 12.1 Å². The van der Waals surface area contributed by atoms with Crippen molar-refractivity contribution in [3.8, 4) is 11.5 Å². The first kappa shape index (κ1) is 12.3. The van der Waals surface area contributed by atoms with Crippen molar-refractivity contribution in [1.29, 1.82) is 0 Å². The number of nitrogens with one attached hydrogen (secondary N) is 2. The fourth-order valence-corrected chi connectivity index (χ4v) is 2.64. The molecule has 0 aliphatic carbocycles. The van der Waals surface area contributed by atoms with Gasteiger partial charge in [-0.1, -0.05) is 0 Å². The largest absolute Gasteiger partial charge is 0.490 e. The Balaban J connectivity index is 1.99. The van der Waals surface area contributed by atoms with Crippen LogP contribution in [0.5, 0.6) is 11.5 Å². The van der Waals surface area contributed by atoms with Gasteiger partial charge in [-0.2, -0.15) is 0 Å². The summed E-state index contributed by atoms with van der Waals surface area (Å²) in [6, 6.07) is 2.30. The zero-order valence-corrected chi connectivity index (χ0v) is 11.5. The van der Waals surface area contributed by atoms with Crippen LogP contribution >= 0.6 is 15.9 Å². The molecule has 3 amide bonds. The molecule has 0 spiro atoms. The summed E-state index contributed by atoms with van der Waals surface area (Å²) >= 11 is 3.40. The Morgan fingerprint density at radius 3 is 2.74 bits per heavy atom. The molecule has 0 radical (unpaired) electrons. The second-order valence-electron chi connectivity index (χ2n) is 4.28. The summed E-state index contributed by atoms with van der Waals surface area (Å²) in [7, 11) is 0. The smallest absolute Gasteiger partial charge is 0.322 e. The van der Waals surface area contributed by atoms with Crippen LogP contribution in [0.15, 0.2) is 16.6 Å². The number of hydrogen-bond acceptors (Lipinski definition) is 4. The van der Waals surface area contributed by atoms with Crippen molar-refractivity contribution in [2.45, 2.75) is 12.5 Å². The van der Waals surface area contributed by atoms with Gasteiger partial charge in [0, 0.05) is 6.42 Å². The number of hydrogen-bond donors (Lipinski definition) is 2. The van der Waals surface area contributed by atoms with Crippen LogP contribution in [0.25, 0.3) is 0 Å². The SMILES string of the molecule is O=C1NC(=O)C(c2cc(Br)c3c(c2)OCCCO3)N1. The molecular weight excluding hydrogens is 316 g/mol. The average Bonchev–Trinajstić information content (AvgIpc) is 2.59. The summed E-state index contributed by atoms with van der Waals surface area (Å²) in [5.41, 5.74) is 0.652. The molecule has 2 heterocycles.